The highest BCUT2D eigenvalue weighted by Gasteiger charge is 2.11. The molecule has 0 radical (unpaired) electrons. The number of hydrazine groups is 1. The van der Waals surface area contributed by atoms with Gasteiger partial charge >= 0.3 is 0 Å². The van der Waals surface area contributed by atoms with Crippen molar-refractivity contribution in [2.24, 2.45) is 12.9 Å². The minimum Gasteiger partial charge on any atom is -0.305 e. The van der Waals surface area contributed by atoms with Gasteiger partial charge in [-0.05, 0) is 0 Å². The smallest absolute Gasteiger partial charge is 0.244 e. The number of rotatable bonds is 4. The molecule has 2 rings (SSSR count). The Labute approximate surface area is 109 Å². The van der Waals surface area contributed by atoms with Gasteiger partial charge in [0.1, 0.15) is 0 Å². The average Bonchev–Trinajstić information content (AvgIpc) is 2.78. The molecule has 0 unspecified atom stereocenters. The van der Waals surface area contributed by atoms with Gasteiger partial charge in [0.05, 0.1) is 5.75 Å². The lowest BCUT2D eigenvalue weighted by atomic mass is 10.2. The van der Waals surface area contributed by atoms with Crippen LogP contribution in [0.15, 0.2) is 35.5 Å². The number of hydrogen-bond acceptors (Lipinski definition) is 5. The van der Waals surface area contributed by atoms with Crippen LogP contribution in [0, 0.1) is 0 Å². The molecule has 7 heteroatoms. The third kappa shape index (κ3) is 2.69. The van der Waals surface area contributed by atoms with Crippen LogP contribution in [0.4, 0.5) is 0 Å². The number of carbonyl (C=O) groups excluding carboxylic acids is 1. The van der Waals surface area contributed by atoms with Crippen molar-refractivity contribution in [3.63, 3.8) is 0 Å². The van der Waals surface area contributed by atoms with Crippen molar-refractivity contribution in [2.45, 2.75) is 5.16 Å². The second-order valence-corrected chi connectivity index (χ2v) is 4.53. The number of aromatic nitrogens is 3. The van der Waals surface area contributed by atoms with Gasteiger partial charge in [0.25, 0.3) is 0 Å². The number of benzene rings is 1. The first-order chi connectivity index (χ1) is 8.72. The number of hydrogen-bond donors (Lipinski definition) is 2. The number of nitrogens with two attached hydrogens (primary N) is 1. The van der Waals surface area contributed by atoms with Crippen LogP contribution in [0.3, 0.4) is 0 Å². The molecule has 0 aliphatic rings. The van der Waals surface area contributed by atoms with E-state index >= 15 is 0 Å². The van der Waals surface area contributed by atoms with Crippen LogP contribution in [-0.4, -0.2) is 26.4 Å². The molecule has 18 heavy (non-hydrogen) atoms. The summed E-state index contributed by atoms with van der Waals surface area (Å²) in [7, 11) is 1.87. The normalized spacial score (nSPS) is 10.3. The van der Waals surface area contributed by atoms with Crippen molar-refractivity contribution >= 4 is 17.7 Å². The first-order valence-corrected chi connectivity index (χ1v) is 6.28. The van der Waals surface area contributed by atoms with E-state index in [4.69, 9.17) is 5.84 Å². The van der Waals surface area contributed by atoms with E-state index in [1.54, 1.807) is 0 Å². The van der Waals surface area contributed by atoms with Crippen molar-refractivity contribution in [1.82, 2.24) is 20.2 Å². The Morgan fingerprint density at radius 3 is 2.78 bits per heavy atom. The second-order valence-electron chi connectivity index (χ2n) is 3.59. The SMILES string of the molecule is Cn1c(SCC(=O)NN)nnc1-c1ccccc1. The summed E-state index contributed by atoms with van der Waals surface area (Å²) in [6.45, 7) is 0. The van der Waals surface area contributed by atoms with Crippen LogP contribution < -0.4 is 11.3 Å². The minimum atomic E-state index is -0.246. The van der Waals surface area contributed by atoms with E-state index in [1.165, 1.54) is 11.8 Å². The van der Waals surface area contributed by atoms with E-state index in [9.17, 15) is 4.79 Å². The second kappa shape index (κ2) is 5.65. The molecule has 2 aromatic rings. The molecule has 3 N–H and O–H groups in total. The highest BCUT2D eigenvalue weighted by Crippen LogP contribution is 2.21. The number of amides is 1. The Morgan fingerprint density at radius 1 is 1.39 bits per heavy atom. The largest absolute Gasteiger partial charge is 0.305 e. The van der Waals surface area contributed by atoms with Crippen molar-refractivity contribution < 1.29 is 4.79 Å². The fourth-order valence-electron chi connectivity index (χ4n) is 1.45. The van der Waals surface area contributed by atoms with Gasteiger partial charge in [0, 0.05) is 12.6 Å². The number of carbonyl (C=O) groups is 1. The van der Waals surface area contributed by atoms with Gasteiger partial charge in [-0.2, -0.15) is 0 Å². The van der Waals surface area contributed by atoms with Gasteiger partial charge in [-0.3, -0.25) is 10.2 Å². The first kappa shape index (κ1) is 12.6. The Kier molecular flexibility index (Phi) is 3.96. The highest BCUT2D eigenvalue weighted by atomic mass is 32.2. The summed E-state index contributed by atoms with van der Waals surface area (Å²) in [5.74, 6) is 5.76. The van der Waals surface area contributed by atoms with Crippen molar-refractivity contribution in [1.29, 1.82) is 0 Å². The van der Waals surface area contributed by atoms with Gasteiger partial charge in [0.2, 0.25) is 5.91 Å². The summed E-state index contributed by atoms with van der Waals surface area (Å²) in [5.41, 5.74) is 3.06. The molecule has 0 saturated heterocycles. The topological polar surface area (TPSA) is 85.8 Å². The van der Waals surface area contributed by atoms with Crippen LogP contribution in [0.2, 0.25) is 0 Å². The maximum absolute atomic E-state index is 11.1. The molecule has 6 nitrogen and oxygen atoms in total. The lowest BCUT2D eigenvalue weighted by molar-refractivity contribution is -0.118. The van der Waals surface area contributed by atoms with E-state index in [2.05, 4.69) is 15.6 Å². The van der Waals surface area contributed by atoms with Crippen LogP contribution in [-0.2, 0) is 11.8 Å². The molecule has 0 saturated carbocycles. The fourth-order valence-corrected chi connectivity index (χ4v) is 2.17. The Bertz CT molecular complexity index is 540. The molecule has 1 amide bonds. The van der Waals surface area contributed by atoms with Crippen LogP contribution in [0.1, 0.15) is 0 Å². The van der Waals surface area contributed by atoms with Gasteiger partial charge < -0.3 is 4.57 Å². The molecule has 1 aromatic heterocycles. The molecule has 1 heterocycles. The van der Waals surface area contributed by atoms with Crippen LogP contribution in [0.25, 0.3) is 11.4 Å². The minimum absolute atomic E-state index is 0.220. The summed E-state index contributed by atoms with van der Waals surface area (Å²) >= 11 is 1.29. The predicted molar refractivity (Wildman–Crippen MR) is 69.5 cm³/mol. The number of nitrogens with zero attached hydrogens (tertiary/aromatic N) is 3. The van der Waals surface area contributed by atoms with Crippen LogP contribution >= 0.6 is 11.8 Å². The Hall–Kier alpha value is -1.86. The quantitative estimate of drug-likeness (QED) is 0.364. The summed E-state index contributed by atoms with van der Waals surface area (Å²) in [6.07, 6.45) is 0. The lowest BCUT2D eigenvalue weighted by Gasteiger charge is -2.03. The van der Waals surface area contributed by atoms with E-state index < -0.39 is 0 Å². The van der Waals surface area contributed by atoms with Gasteiger partial charge in [-0.25, -0.2) is 5.84 Å². The standard InChI is InChI=1S/C11H13N5OS/c1-16-10(8-5-3-2-4-6-8)14-15-11(16)18-7-9(17)13-12/h2-6H,7,12H2,1H3,(H,13,17). The third-order valence-electron chi connectivity index (χ3n) is 2.36. The third-order valence-corrected chi connectivity index (χ3v) is 3.38. The lowest BCUT2D eigenvalue weighted by Crippen LogP contribution is -2.31. The summed E-state index contributed by atoms with van der Waals surface area (Å²) in [4.78, 5) is 11.1. The predicted octanol–water partition coefficient (Wildman–Crippen LogP) is 0.564. The number of nitrogens with one attached hydrogen (secondary N) is 1. The zero-order valence-electron chi connectivity index (χ0n) is 9.83. The molecular weight excluding hydrogens is 250 g/mol. The maximum atomic E-state index is 11.1. The molecule has 0 atom stereocenters. The molecular formula is C11H13N5OS. The van der Waals surface area contributed by atoms with Crippen molar-refractivity contribution in [2.75, 3.05) is 5.75 Å². The molecule has 94 valence electrons. The zero-order valence-corrected chi connectivity index (χ0v) is 10.6. The Balaban J connectivity index is 2.17. The number of thioether (sulfide) groups is 1. The molecule has 0 fully saturated rings. The highest BCUT2D eigenvalue weighted by molar-refractivity contribution is 7.99. The fraction of sp³-hybridized carbons (Fsp3) is 0.182. The van der Waals surface area contributed by atoms with Gasteiger partial charge in [-0.15, -0.1) is 10.2 Å². The molecule has 0 aliphatic carbocycles. The average molecular weight is 263 g/mol. The van der Waals surface area contributed by atoms with Crippen molar-refractivity contribution in [3.05, 3.63) is 30.3 Å². The van der Waals surface area contributed by atoms with Crippen molar-refractivity contribution in [3.8, 4) is 11.4 Å². The monoisotopic (exact) mass is 263 g/mol. The summed E-state index contributed by atoms with van der Waals surface area (Å²) < 4.78 is 1.85. The molecule has 0 bridgehead atoms. The first-order valence-electron chi connectivity index (χ1n) is 5.29. The Morgan fingerprint density at radius 2 is 2.11 bits per heavy atom. The molecule has 0 spiro atoms. The van der Waals surface area contributed by atoms with Gasteiger partial charge in [-0.1, -0.05) is 42.1 Å². The molecule has 0 aliphatic heterocycles. The van der Waals surface area contributed by atoms with E-state index in [0.717, 1.165) is 11.4 Å². The van der Waals surface area contributed by atoms with Crippen LogP contribution in [0.5, 0.6) is 0 Å². The zero-order chi connectivity index (χ0) is 13.0. The van der Waals surface area contributed by atoms with E-state index in [0.29, 0.717) is 5.16 Å². The van der Waals surface area contributed by atoms with Gasteiger partial charge in [0.15, 0.2) is 11.0 Å². The van der Waals surface area contributed by atoms with E-state index in [1.807, 2.05) is 41.9 Å². The summed E-state index contributed by atoms with van der Waals surface area (Å²) in [6, 6.07) is 9.76. The van der Waals surface area contributed by atoms with E-state index in [-0.39, 0.29) is 11.7 Å². The maximum Gasteiger partial charge on any atom is 0.244 e. The summed E-state index contributed by atoms with van der Waals surface area (Å²) in [5, 5.41) is 8.85. The molecule has 1 aromatic carbocycles.